The van der Waals surface area contributed by atoms with Gasteiger partial charge in [0.25, 0.3) is 0 Å². The van der Waals surface area contributed by atoms with Crippen LogP contribution in [0.1, 0.15) is 5.56 Å². The summed E-state index contributed by atoms with van der Waals surface area (Å²) >= 11 is 5.86. The summed E-state index contributed by atoms with van der Waals surface area (Å²) in [4.78, 5) is -0.430. The van der Waals surface area contributed by atoms with Crippen LogP contribution in [-0.2, 0) is 20.9 Å². The fourth-order valence-electron chi connectivity index (χ4n) is 1.62. The number of ether oxygens (including phenoxy) is 1. The first-order valence-corrected chi connectivity index (χ1v) is 7.73. The van der Waals surface area contributed by atoms with Crippen LogP contribution in [0.3, 0.4) is 0 Å². The summed E-state index contributed by atoms with van der Waals surface area (Å²) in [5.41, 5.74) is -1.02. The second-order valence-corrected chi connectivity index (χ2v) is 7.03. The zero-order chi connectivity index (χ0) is 16.3. The summed E-state index contributed by atoms with van der Waals surface area (Å²) in [5, 5.41) is -0.597. The molecule has 9 heteroatoms. The zero-order valence-electron chi connectivity index (χ0n) is 11.4. The van der Waals surface area contributed by atoms with Gasteiger partial charge in [-0.1, -0.05) is 6.07 Å². The summed E-state index contributed by atoms with van der Waals surface area (Å²) in [7, 11) is -1.38. The first-order chi connectivity index (χ1) is 9.59. The van der Waals surface area contributed by atoms with Crippen molar-refractivity contribution in [3.05, 3.63) is 29.8 Å². The molecule has 0 amide bonds. The lowest BCUT2D eigenvalue weighted by Crippen LogP contribution is -2.34. The van der Waals surface area contributed by atoms with Crippen LogP contribution in [0.2, 0.25) is 0 Å². The highest BCUT2D eigenvalue weighted by Gasteiger charge is 2.32. The van der Waals surface area contributed by atoms with E-state index in [9.17, 15) is 21.6 Å². The Balaban J connectivity index is 3.02. The van der Waals surface area contributed by atoms with Crippen molar-refractivity contribution in [1.29, 1.82) is 0 Å². The van der Waals surface area contributed by atoms with Crippen LogP contribution in [0.25, 0.3) is 0 Å². The molecule has 0 aliphatic heterocycles. The van der Waals surface area contributed by atoms with Gasteiger partial charge in [0.2, 0.25) is 10.0 Å². The molecule has 120 valence electrons. The molecule has 0 aromatic heterocycles. The van der Waals surface area contributed by atoms with Crippen molar-refractivity contribution in [2.75, 3.05) is 27.3 Å². The Hall–Kier alpha value is -0.830. The average Bonchev–Trinajstić information content (AvgIpc) is 2.38. The van der Waals surface area contributed by atoms with E-state index in [-0.39, 0.29) is 13.2 Å². The second kappa shape index (κ2) is 6.95. The molecule has 0 spiro atoms. The first-order valence-electron chi connectivity index (χ1n) is 5.85. The molecule has 1 aromatic carbocycles. The number of rotatable bonds is 6. The monoisotopic (exact) mass is 345 g/mol. The fraction of sp³-hybridized carbons (Fsp3) is 0.500. The molecule has 1 aromatic rings. The molecule has 0 saturated heterocycles. The SMILES string of the molecule is COCC(Cl)CN(C)S(=O)(=O)c1cccc(C(F)(F)F)c1. The number of hydrogen-bond donors (Lipinski definition) is 0. The molecule has 0 saturated carbocycles. The molecule has 0 fully saturated rings. The number of sulfonamides is 1. The number of nitrogens with zero attached hydrogens (tertiary/aromatic N) is 1. The van der Waals surface area contributed by atoms with Crippen molar-refractivity contribution in [3.63, 3.8) is 0 Å². The Kier molecular flexibility index (Phi) is 6.03. The Morgan fingerprint density at radius 2 is 2.00 bits per heavy atom. The lowest BCUT2D eigenvalue weighted by atomic mass is 10.2. The molecule has 1 unspecified atom stereocenters. The number of benzene rings is 1. The van der Waals surface area contributed by atoms with Crippen LogP contribution < -0.4 is 0 Å². The van der Waals surface area contributed by atoms with Crippen molar-refractivity contribution in [3.8, 4) is 0 Å². The minimum Gasteiger partial charge on any atom is -0.383 e. The predicted molar refractivity (Wildman–Crippen MR) is 72.8 cm³/mol. The Labute approximate surface area is 126 Å². The van der Waals surface area contributed by atoms with Crippen LogP contribution in [0.15, 0.2) is 29.2 Å². The van der Waals surface area contributed by atoms with E-state index in [4.69, 9.17) is 16.3 Å². The fourth-order valence-corrected chi connectivity index (χ4v) is 3.30. The summed E-state index contributed by atoms with van der Waals surface area (Å²) in [6.07, 6.45) is -4.60. The molecule has 0 bridgehead atoms. The highest BCUT2D eigenvalue weighted by molar-refractivity contribution is 7.89. The summed E-state index contributed by atoms with van der Waals surface area (Å²) in [6.45, 7) is 0.0536. The normalized spacial score (nSPS) is 14.4. The standard InChI is InChI=1S/C12H15ClF3NO3S/c1-17(7-10(13)8-20-2)21(18,19)11-5-3-4-9(6-11)12(14,15)16/h3-6,10H,7-8H2,1-2H3. The van der Waals surface area contributed by atoms with Crippen molar-refractivity contribution in [1.82, 2.24) is 4.31 Å². The van der Waals surface area contributed by atoms with Gasteiger partial charge in [0.15, 0.2) is 0 Å². The van der Waals surface area contributed by atoms with E-state index in [1.54, 1.807) is 0 Å². The van der Waals surface area contributed by atoms with E-state index in [0.29, 0.717) is 6.07 Å². The minimum absolute atomic E-state index is 0.0754. The van der Waals surface area contributed by atoms with Crippen LogP contribution >= 0.6 is 11.6 Å². The van der Waals surface area contributed by atoms with E-state index >= 15 is 0 Å². The van der Waals surface area contributed by atoms with E-state index in [0.717, 1.165) is 22.5 Å². The summed E-state index contributed by atoms with van der Waals surface area (Å²) < 4.78 is 68.0. The van der Waals surface area contributed by atoms with Crippen molar-refractivity contribution < 1.29 is 26.3 Å². The third kappa shape index (κ3) is 4.84. The van der Waals surface area contributed by atoms with Crippen LogP contribution in [0.5, 0.6) is 0 Å². The molecule has 0 aliphatic carbocycles. The Bertz CT molecular complexity index is 577. The van der Waals surface area contributed by atoms with E-state index in [1.807, 2.05) is 0 Å². The molecule has 1 atom stereocenters. The van der Waals surface area contributed by atoms with Gasteiger partial charge in [0.1, 0.15) is 0 Å². The first kappa shape index (κ1) is 18.2. The smallest absolute Gasteiger partial charge is 0.383 e. The molecule has 0 heterocycles. The van der Waals surface area contributed by atoms with E-state index in [2.05, 4.69) is 0 Å². The van der Waals surface area contributed by atoms with Crippen molar-refractivity contribution >= 4 is 21.6 Å². The van der Waals surface area contributed by atoms with E-state index < -0.39 is 32.0 Å². The molecule has 0 aliphatic rings. The minimum atomic E-state index is -4.60. The highest BCUT2D eigenvalue weighted by atomic mass is 35.5. The molecule has 21 heavy (non-hydrogen) atoms. The number of halogens is 4. The quantitative estimate of drug-likeness (QED) is 0.744. The lowest BCUT2D eigenvalue weighted by Gasteiger charge is -2.20. The maximum atomic E-state index is 12.6. The predicted octanol–water partition coefficient (Wildman–Crippen LogP) is 2.58. The van der Waals surface area contributed by atoms with Gasteiger partial charge in [-0.2, -0.15) is 17.5 Å². The molecular weight excluding hydrogens is 331 g/mol. The van der Waals surface area contributed by atoms with Crippen molar-refractivity contribution in [2.45, 2.75) is 16.4 Å². The molecule has 0 radical (unpaired) electrons. The third-order valence-electron chi connectivity index (χ3n) is 2.67. The van der Waals surface area contributed by atoms with Gasteiger partial charge in [-0.3, -0.25) is 0 Å². The topological polar surface area (TPSA) is 46.6 Å². The van der Waals surface area contributed by atoms with Gasteiger partial charge < -0.3 is 4.74 Å². The van der Waals surface area contributed by atoms with E-state index in [1.165, 1.54) is 14.2 Å². The van der Waals surface area contributed by atoms with Crippen LogP contribution in [-0.4, -0.2) is 45.4 Å². The van der Waals surface area contributed by atoms with Gasteiger partial charge in [0.05, 0.1) is 22.4 Å². The maximum absolute atomic E-state index is 12.6. The average molecular weight is 346 g/mol. The second-order valence-electron chi connectivity index (χ2n) is 4.36. The number of methoxy groups -OCH3 is 1. The summed E-state index contributed by atoms with van der Waals surface area (Å²) in [6, 6.07) is 3.58. The third-order valence-corrected chi connectivity index (χ3v) is 4.76. The van der Waals surface area contributed by atoms with Crippen LogP contribution in [0, 0.1) is 0 Å². The Morgan fingerprint density at radius 1 is 1.38 bits per heavy atom. The number of hydrogen-bond acceptors (Lipinski definition) is 3. The van der Waals surface area contributed by atoms with Gasteiger partial charge in [-0.15, -0.1) is 11.6 Å². The van der Waals surface area contributed by atoms with Gasteiger partial charge in [0, 0.05) is 20.7 Å². The van der Waals surface area contributed by atoms with Crippen LogP contribution in [0.4, 0.5) is 13.2 Å². The molecule has 4 nitrogen and oxygen atoms in total. The maximum Gasteiger partial charge on any atom is 0.416 e. The van der Waals surface area contributed by atoms with Gasteiger partial charge >= 0.3 is 6.18 Å². The van der Waals surface area contributed by atoms with Gasteiger partial charge in [-0.05, 0) is 18.2 Å². The Morgan fingerprint density at radius 3 is 2.52 bits per heavy atom. The van der Waals surface area contributed by atoms with Crippen molar-refractivity contribution in [2.24, 2.45) is 0 Å². The number of alkyl halides is 4. The zero-order valence-corrected chi connectivity index (χ0v) is 13.0. The summed E-state index contributed by atoms with van der Waals surface area (Å²) in [5.74, 6) is 0. The molecular formula is C12H15ClF3NO3S. The largest absolute Gasteiger partial charge is 0.416 e. The lowest BCUT2D eigenvalue weighted by molar-refractivity contribution is -0.137. The van der Waals surface area contributed by atoms with Gasteiger partial charge in [-0.25, -0.2) is 8.42 Å². The molecule has 1 rings (SSSR count). The molecule has 0 N–H and O–H groups in total. The highest BCUT2D eigenvalue weighted by Crippen LogP contribution is 2.31.